The molecule has 1 amide bonds. The number of anilines is 1. The molecular formula is C27H30N4OS. The van der Waals surface area contributed by atoms with Crippen molar-refractivity contribution in [2.24, 2.45) is 0 Å². The van der Waals surface area contributed by atoms with Crippen LogP contribution in [0.4, 0.5) is 5.69 Å². The molecule has 4 rings (SSSR count). The molecule has 4 aromatic rings. The van der Waals surface area contributed by atoms with Crippen molar-refractivity contribution in [2.75, 3.05) is 11.6 Å². The number of aryl methyl sites for hydroxylation is 5. The van der Waals surface area contributed by atoms with Gasteiger partial charge in [0.05, 0.1) is 11.4 Å². The summed E-state index contributed by atoms with van der Waals surface area (Å²) in [5.74, 6) is 0.00898. The van der Waals surface area contributed by atoms with E-state index in [2.05, 4.69) is 44.3 Å². The van der Waals surface area contributed by atoms with Gasteiger partial charge in [-0.15, -0.1) is 11.8 Å². The molecule has 6 heteroatoms. The minimum Gasteiger partial charge on any atom is -0.326 e. The highest BCUT2D eigenvalue weighted by Gasteiger charge is 2.18. The number of amides is 1. The number of benzene rings is 2. The minimum atomic E-state index is 0.00898. The number of thioether (sulfide) groups is 1. The summed E-state index contributed by atoms with van der Waals surface area (Å²) in [6.45, 7) is 10.4. The van der Waals surface area contributed by atoms with Crippen molar-refractivity contribution in [3.63, 3.8) is 0 Å². The molecule has 2 aromatic carbocycles. The van der Waals surface area contributed by atoms with E-state index in [0.717, 1.165) is 49.8 Å². The number of hydrogen-bond acceptors (Lipinski definition) is 4. The van der Waals surface area contributed by atoms with Crippen molar-refractivity contribution in [1.82, 2.24) is 14.8 Å². The van der Waals surface area contributed by atoms with Crippen LogP contribution < -0.4 is 5.32 Å². The van der Waals surface area contributed by atoms with Crippen molar-refractivity contribution in [3.05, 3.63) is 76.1 Å². The summed E-state index contributed by atoms with van der Waals surface area (Å²) in [7, 11) is 0. The fourth-order valence-corrected chi connectivity index (χ4v) is 4.73. The summed E-state index contributed by atoms with van der Waals surface area (Å²) in [4.78, 5) is 18.7. The molecule has 0 saturated carbocycles. The molecule has 0 unspecified atom stereocenters. The summed E-state index contributed by atoms with van der Waals surface area (Å²) in [6.07, 6.45) is 3.07. The molecule has 0 fully saturated rings. The van der Waals surface area contributed by atoms with Gasteiger partial charge in [0.15, 0.2) is 5.65 Å². The van der Waals surface area contributed by atoms with E-state index in [4.69, 9.17) is 10.1 Å². The van der Waals surface area contributed by atoms with Crippen LogP contribution in [0.2, 0.25) is 0 Å². The van der Waals surface area contributed by atoms with Gasteiger partial charge in [0.25, 0.3) is 0 Å². The highest BCUT2D eigenvalue weighted by molar-refractivity contribution is 7.98. The van der Waals surface area contributed by atoms with E-state index in [1.54, 1.807) is 11.8 Å². The molecule has 0 spiro atoms. The van der Waals surface area contributed by atoms with Crippen LogP contribution in [-0.4, -0.2) is 26.9 Å². The zero-order chi connectivity index (χ0) is 23.7. The third-order valence-electron chi connectivity index (χ3n) is 6.26. The van der Waals surface area contributed by atoms with Gasteiger partial charge in [-0.25, -0.2) is 9.67 Å². The molecule has 2 aromatic heterocycles. The Labute approximate surface area is 199 Å². The molecular weight excluding hydrogens is 428 g/mol. The fraction of sp³-hybridized carbons (Fsp3) is 0.296. The van der Waals surface area contributed by atoms with Crippen LogP contribution in [0.5, 0.6) is 0 Å². The Kier molecular flexibility index (Phi) is 6.56. The molecule has 2 heterocycles. The second kappa shape index (κ2) is 9.40. The van der Waals surface area contributed by atoms with Gasteiger partial charge in [-0.2, -0.15) is 5.10 Å². The van der Waals surface area contributed by atoms with E-state index in [0.29, 0.717) is 12.8 Å². The normalized spacial score (nSPS) is 11.2. The largest absolute Gasteiger partial charge is 0.326 e. The first kappa shape index (κ1) is 23.1. The molecule has 0 bridgehead atoms. The van der Waals surface area contributed by atoms with Crippen LogP contribution in [0.25, 0.3) is 16.7 Å². The Balaban J connectivity index is 1.60. The van der Waals surface area contributed by atoms with Crippen molar-refractivity contribution < 1.29 is 4.79 Å². The molecule has 0 radical (unpaired) electrons. The molecule has 1 N–H and O–H groups in total. The predicted octanol–water partition coefficient (Wildman–Crippen LogP) is 6.26. The molecule has 0 atom stereocenters. The topological polar surface area (TPSA) is 59.8 Å². The van der Waals surface area contributed by atoms with E-state index < -0.39 is 0 Å². The number of hydrogen-bond donors (Lipinski definition) is 1. The van der Waals surface area contributed by atoms with Crippen LogP contribution in [0.3, 0.4) is 0 Å². The van der Waals surface area contributed by atoms with E-state index in [1.807, 2.05) is 49.1 Å². The van der Waals surface area contributed by atoms with Gasteiger partial charge in [-0.05, 0) is 99.9 Å². The number of rotatable bonds is 6. The summed E-state index contributed by atoms with van der Waals surface area (Å²) in [6, 6.07) is 14.3. The Morgan fingerprint density at radius 2 is 1.79 bits per heavy atom. The summed E-state index contributed by atoms with van der Waals surface area (Å²) in [5, 5.41) is 8.91. The first-order chi connectivity index (χ1) is 15.8. The molecule has 170 valence electrons. The standard InChI is InChI=1S/C27H30N4OS/c1-16-10-11-22(14-17(16)2)31-27-26(20(5)30-31)18(3)24(19(4)28-27)12-13-25(32)29-21-8-7-9-23(15-21)33-6/h7-11,14-15H,12-13H2,1-6H3,(H,29,32). The maximum atomic E-state index is 12.6. The van der Waals surface area contributed by atoms with E-state index in [9.17, 15) is 4.79 Å². The molecule has 0 saturated heterocycles. The zero-order valence-electron chi connectivity index (χ0n) is 20.1. The summed E-state index contributed by atoms with van der Waals surface area (Å²) < 4.78 is 1.94. The first-order valence-electron chi connectivity index (χ1n) is 11.2. The molecule has 33 heavy (non-hydrogen) atoms. The van der Waals surface area contributed by atoms with Crippen molar-refractivity contribution in [3.8, 4) is 5.69 Å². The maximum absolute atomic E-state index is 12.6. The Morgan fingerprint density at radius 3 is 2.52 bits per heavy atom. The number of aromatic nitrogens is 3. The second-order valence-corrected chi connectivity index (χ2v) is 9.42. The van der Waals surface area contributed by atoms with Gasteiger partial charge >= 0.3 is 0 Å². The molecule has 5 nitrogen and oxygen atoms in total. The second-order valence-electron chi connectivity index (χ2n) is 8.55. The van der Waals surface area contributed by atoms with Gasteiger partial charge < -0.3 is 5.32 Å². The smallest absolute Gasteiger partial charge is 0.224 e. The third-order valence-corrected chi connectivity index (χ3v) is 6.99. The van der Waals surface area contributed by atoms with Gasteiger partial charge in [0, 0.05) is 28.1 Å². The third kappa shape index (κ3) is 4.67. The number of carbonyl (C=O) groups excluding carboxylic acids is 1. The maximum Gasteiger partial charge on any atom is 0.224 e. The van der Waals surface area contributed by atoms with Crippen molar-refractivity contribution >= 4 is 34.4 Å². The lowest BCUT2D eigenvalue weighted by molar-refractivity contribution is -0.116. The average Bonchev–Trinajstić information content (AvgIpc) is 3.11. The number of fused-ring (bicyclic) bond motifs is 1. The predicted molar refractivity (Wildman–Crippen MR) is 138 cm³/mol. The number of pyridine rings is 1. The number of nitrogens with zero attached hydrogens (tertiary/aromatic N) is 3. The monoisotopic (exact) mass is 458 g/mol. The lowest BCUT2D eigenvalue weighted by atomic mass is 9.99. The zero-order valence-corrected chi connectivity index (χ0v) is 20.9. The summed E-state index contributed by atoms with van der Waals surface area (Å²) in [5.41, 5.74) is 9.38. The Morgan fingerprint density at radius 1 is 1.00 bits per heavy atom. The Hall–Kier alpha value is -3.12. The highest BCUT2D eigenvalue weighted by Crippen LogP contribution is 2.29. The Bertz CT molecular complexity index is 1360. The van der Waals surface area contributed by atoms with Crippen LogP contribution in [0.1, 0.15) is 40.1 Å². The number of nitrogens with one attached hydrogen (secondary N) is 1. The SMILES string of the molecule is CSc1cccc(NC(=O)CCc2c(C)nc3c(c(C)nn3-c3ccc(C)c(C)c3)c2C)c1. The lowest BCUT2D eigenvalue weighted by Gasteiger charge is -2.12. The molecule has 0 aliphatic rings. The first-order valence-corrected chi connectivity index (χ1v) is 12.4. The fourth-order valence-electron chi connectivity index (χ4n) is 4.27. The van der Waals surface area contributed by atoms with Crippen LogP contribution in [0.15, 0.2) is 47.4 Å². The lowest BCUT2D eigenvalue weighted by Crippen LogP contribution is -2.13. The van der Waals surface area contributed by atoms with Crippen LogP contribution >= 0.6 is 11.8 Å². The van der Waals surface area contributed by atoms with Gasteiger partial charge in [0.2, 0.25) is 5.91 Å². The minimum absolute atomic E-state index is 0.00898. The van der Waals surface area contributed by atoms with Crippen molar-refractivity contribution in [2.45, 2.75) is 52.4 Å². The van der Waals surface area contributed by atoms with Crippen LogP contribution in [0, 0.1) is 34.6 Å². The van der Waals surface area contributed by atoms with E-state index in [1.165, 1.54) is 11.1 Å². The quantitative estimate of drug-likeness (QED) is 0.347. The molecule has 0 aliphatic carbocycles. The average molecular weight is 459 g/mol. The van der Waals surface area contributed by atoms with Gasteiger partial charge in [-0.3, -0.25) is 4.79 Å². The van der Waals surface area contributed by atoms with Crippen LogP contribution in [-0.2, 0) is 11.2 Å². The summed E-state index contributed by atoms with van der Waals surface area (Å²) >= 11 is 1.66. The van der Waals surface area contributed by atoms with E-state index in [-0.39, 0.29) is 5.91 Å². The van der Waals surface area contributed by atoms with Crippen molar-refractivity contribution in [1.29, 1.82) is 0 Å². The van der Waals surface area contributed by atoms with Gasteiger partial charge in [-0.1, -0.05) is 12.1 Å². The highest BCUT2D eigenvalue weighted by atomic mass is 32.2. The van der Waals surface area contributed by atoms with Gasteiger partial charge in [0.1, 0.15) is 0 Å². The molecule has 0 aliphatic heterocycles. The number of carbonyl (C=O) groups is 1. The van der Waals surface area contributed by atoms with E-state index >= 15 is 0 Å².